The maximum atomic E-state index is 9.13. The molecule has 0 saturated heterocycles. The first-order valence-electron chi connectivity index (χ1n) is 6.38. The molecule has 0 aliphatic rings. The summed E-state index contributed by atoms with van der Waals surface area (Å²) < 4.78 is 10.7. The fourth-order valence-corrected chi connectivity index (χ4v) is 2.82. The summed E-state index contributed by atoms with van der Waals surface area (Å²) in [5.41, 5.74) is 7.84. The lowest BCUT2D eigenvalue weighted by atomic mass is 10.1. The van der Waals surface area contributed by atoms with Crippen molar-refractivity contribution in [2.24, 2.45) is 5.73 Å². The van der Waals surface area contributed by atoms with Crippen molar-refractivity contribution in [1.82, 2.24) is 0 Å². The van der Waals surface area contributed by atoms with E-state index >= 15 is 0 Å². The summed E-state index contributed by atoms with van der Waals surface area (Å²) in [4.78, 5) is 0. The number of furan rings is 1. The van der Waals surface area contributed by atoms with Crippen molar-refractivity contribution < 1.29 is 14.3 Å². The molecule has 2 rings (SSSR count). The smallest absolute Gasteiger partial charge is 0.122 e. The minimum atomic E-state index is -0.352. The Hall–Kier alpha value is -1.43. The first-order valence-corrected chi connectivity index (χ1v) is 7.53. The van der Waals surface area contributed by atoms with E-state index < -0.39 is 0 Å². The summed E-state index contributed by atoms with van der Waals surface area (Å²) >= 11 is 1.74. The van der Waals surface area contributed by atoms with Crippen molar-refractivity contribution in [1.29, 1.82) is 0 Å². The van der Waals surface area contributed by atoms with Crippen LogP contribution in [0.1, 0.15) is 22.9 Å². The molecule has 0 saturated carbocycles. The van der Waals surface area contributed by atoms with Gasteiger partial charge in [0.05, 0.1) is 31.8 Å². The van der Waals surface area contributed by atoms with Crippen molar-refractivity contribution in [3.05, 3.63) is 53.5 Å². The molecule has 2 aromatic rings. The average molecular weight is 293 g/mol. The minimum absolute atomic E-state index is 0.0642. The molecule has 0 bridgehead atoms. The van der Waals surface area contributed by atoms with E-state index in [1.54, 1.807) is 25.1 Å². The predicted octanol–water partition coefficient (Wildman–Crippen LogP) is 2.71. The maximum absolute atomic E-state index is 9.13. The molecule has 0 aliphatic carbocycles. The largest absolute Gasteiger partial charge is 0.496 e. The predicted molar refractivity (Wildman–Crippen MR) is 80.7 cm³/mol. The normalized spacial score (nSPS) is 12.3. The quantitative estimate of drug-likeness (QED) is 0.821. The lowest BCUT2D eigenvalue weighted by molar-refractivity contribution is 0.268. The van der Waals surface area contributed by atoms with Gasteiger partial charge in [-0.15, -0.1) is 11.8 Å². The number of rotatable bonds is 7. The third kappa shape index (κ3) is 3.79. The van der Waals surface area contributed by atoms with E-state index in [1.165, 1.54) is 0 Å². The van der Waals surface area contributed by atoms with Crippen LogP contribution in [0.4, 0.5) is 0 Å². The highest BCUT2D eigenvalue weighted by atomic mass is 32.2. The van der Waals surface area contributed by atoms with E-state index in [0.29, 0.717) is 0 Å². The number of ether oxygens (including phenoxy) is 1. The van der Waals surface area contributed by atoms with Crippen molar-refractivity contribution in [2.75, 3.05) is 13.7 Å². The molecular weight excluding hydrogens is 274 g/mol. The van der Waals surface area contributed by atoms with E-state index in [4.69, 9.17) is 20.0 Å². The molecule has 20 heavy (non-hydrogen) atoms. The summed E-state index contributed by atoms with van der Waals surface area (Å²) in [6, 6.07) is 9.28. The van der Waals surface area contributed by atoms with Gasteiger partial charge in [-0.2, -0.15) is 0 Å². The van der Waals surface area contributed by atoms with Gasteiger partial charge in [-0.1, -0.05) is 6.07 Å². The summed E-state index contributed by atoms with van der Waals surface area (Å²) in [6.45, 7) is -0.0642. The summed E-state index contributed by atoms with van der Waals surface area (Å²) in [5, 5.41) is 9.13. The maximum Gasteiger partial charge on any atom is 0.122 e. The fourth-order valence-electron chi connectivity index (χ4n) is 1.90. The van der Waals surface area contributed by atoms with Gasteiger partial charge in [0.1, 0.15) is 11.5 Å². The van der Waals surface area contributed by atoms with Crippen LogP contribution in [0.3, 0.4) is 0 Å². The van der Waals surface area contributed by atoms with Crippen LogP contribution in [0.15, 0.2) is 41.0 Å². The second kappa shape index (κ2) is 7.38. The first-order chi connectivity index (χ1) is 9.74. The highest BCUT2D eigenvalue weighted by Gasteiger charge is 2.10. The summed E-state index contributed by atoms with van der Waals surface area (Å²) in [7, 11) is 1.65. The van der Waals surface area contributed by atoms with Gasteiger partial charge in [-0.25, -0.2) is 0 Å². The van der Waals surface area contributed by atoms with Gasteiger partial charge in [0.2, 0.25) is 0 Å². The Balaban J connectivity index is 2.04. The zero-order valence-corrected chi connectivity index (χ0v) is 12.2. The Morgan fingerprint density at radius 1 is 1.35 bits per heavy atom. The van der Waals surface area contributed by atoms with Gasteiger partial charge in [0, 0.05) is 11.3 Å². The highest BCUT2D eigenvalue weighted by molar-refractivity contribution is 7.97. The molecule has 0 spiro atoms. The van der Waals surface area contributed by atoms with Crippen LogP contribution in [0.25, 0.3) is 0 Å². The Morgan fingerprint density at radius 3 is 2.85 bits per heavy atom. The van der Waals surface area contributed by atoms with Crippen LogP contribution >= 0.6 is 11.8 Å². The minimum Gasteiger partial charge on any atom is -0.496 e. The highest BCUT2D eigenvalue weighted by Crippen LogP contribution is 2.27. The van der Waals surface area contributed by atoms with Crippen LogP contribution < -0.4 is 10.5 Å². The van der Waals surface area contributed by atoms with Gasteiger partial charge < -0.3 is 20.0 Å². The zero-order chi connectivity index (χ0) is 14.4. The van der Waals surface area contributed by atoms with Crippen LogP contribution in [0.5, 0.6) is 5.75 Å². The van der Waals surface area contributed by atoms with Crippen LogP contribution in [0, 0.1) is 0 Å². The van der Waals surface area contributed by atoms with Gasteiger partial charge in [0.15, 0.2) is 0 Å². The van der Waals surface area contributed by atoms with Gasteiger partial charge >= 0.3 is 0 Å². The van der Waals surface area contributed by atoms with Gasteiger partial charge in [-0.05, 0) is 29.8 Å². The Morgan fingerprint density at radius 2 is 2.20 bits per heavy atom. The number of thioether (sulfide) groups is 1. The lowest BCUT2D eigenvalue weighted by Crippen LogP contribution is -2.14. The molecule has 1 heterocycles. The number of methoxy groups -OCH3 is 1. The Bertz CT molecular complexity index is 528. The fraction of sp³-hybridized carbons (Fsp3) is 0.333. The monoisotopic (exact) mass is 293 g/mol. The van der Waals surface area contributed by atoms with Crippen LogP contribution in [-0.2, 0) is 11.5 Å². The summed E-state index contributed by atoms with van der Waals surface area (Å²) in [6.07, 6.45) is 1.68. The number of hydrogen-bond acceptors (Lipinski definition) is 5. The van der Waals surface area contributed by atoms with E-state index in [-0.39, 0.29) is 12.6 Å². The molecule has 0 radical (unpaired) electrons. The molecule has 1 aromatic heterocycles. The van der Waals surface area contributed by atoms with Crippen molar-refractivity contribution in [2.45, 2.75) is 17.5 Å². The molecule has 0 unspecified atom stereocenters. The number of benzene rings is 1. The topological polar surface area (TPSA) is 68.6 Å². The molecule has 0 aliphatic heterocycles. The Labute approximate surface area is 122 Å². The average Bonchev–Trinajstić information content (AvgIpc) is 2.99. The number of aliphatic hydroxyl groups is 1. The van der Waals surface area contributed by atoms with Crippen molar-refractivity contribution in [3.63, 3.8) is 0 Å². The molecular formula is C15H19NO3S. The molecule has 4 nitrogen and oxygen atoms in total. The SMILES string of the molecule is COc1ccc([C@H](N)CO)cc1CSCc1ccco1. The van der Waals surface area contributed by atoms with Crippen LogP contribution in [0.2, 0.25) is 0 Å². The van der Waals surface area contributed by atoms with Crippen LogP contribution in [-0.4, -0.2) is 18.8 Å². The first kappa shape index (κ1) is 15.0. The third-order valence-corrected chi connectivity index (χ3v) is 4.02. The second-order valence-electron chi connectivity index (χ2n) is 4.43. The molecule has 1 aromatic carbocycles. The molecule has 3 N–H and O–H groups in total. The van der Waals surface area contributed by atoms with E-state index in [1.807, 2.05) is 30.3 Å². The second-order valence-corrected chi connectivity index (χ2v) is 5.42. The van der Waals surface area contributed by atoms with Crippen molar-refractivity contribution >= 4 is 11.8 Å². The molecule has 108 valence electrons. The molecule has 0 amide bonds. The Kier molecular flexibility index (Phi) is 5.52. The van der Waals surface area contributed by atoms with E-state index in [9.17, 15) is 0 Å². The number of hydrogen-bond donors (Lipinski definition) is 2. The molecule has 5 heteroatoms. The zero-order valence-electron chi connectivity index (χ0n) is 11.4. The van der Waals surface area contributed by atoms with Crippen molar-refractivity contribution in [3.8, 4) is 5.75 Å². The summed E-state index contributed by atoms with van der Waals surface area (Å²) in [5.74, 6) is 3.41. The number of aliphatic hydroxyl groups excluding tert-OH is 1. The van der Waals surface area contributed by atoms with Gasteiger partial charge in [0.25, 0.3) is 0 Å². The third-order valence-electron chi connectivity index (χ3n) is 3.01. The van der Waals surface area contributed by atoms with E-state index in [2.05, 4.69) is 0 Å². The molecule has 0 fully saturated rings. The van der Waals surface area contributed by atoms with Gasteiger partial charge in [-0.3, -0.25) is 0 Å². The van der Waals surface area contributed by atoms with E-state index in [0.717, 1.165) is 34.1 Å². The standard InChI is InChI=1S/C15H19NO3S/c1-18-15-5-4-11(14(16)8-17)7-12(15)9-20-10-13-3-2-6-19-13/h2-7,14,17H,8-10,16H2,1H3/t14-/m1/s1. The number of nitrogens with two attached hydrogens (primary N) is 1. The molecule has 1 atom stereocenters. The lowest BCUT2D eigenvalue weighted by Gasteiger charge is -2.13.